The number of Topliss-reactive ketones (excluding diaryl/α,β-unsaturated/α-hetero) is 1. The van der Waals surface area contributed by atoms with Crippen LogP contribution in [-0.4, -0.2) is 5.78 Å². The summed E-state index contributed by atoms with van der Waals surface area (Å²) in [6.45, 7) is 10.4. The van der Waals surface area contributed by atoms with Gasteiger partial charge in [-0.1, -0.05) is 30.7 Å². The topological polar surface area (TPSA) is 17.1 Å². The molecule has 0 N–H and O–H groups in total. The van der Waals surface area contributed by atoms with Crippen molar-refractivity contribution in [2.24, 2.45) is 17.3 Å². The minimum Gasteiger partial charge on any atom is -0.299 e. The maximum atomic E-state index is 12.3. The van der Waals surface area contributed by atoms with Crippen molar-refractivity contribution in [1.82, 2.24) is 0 Å². The van der Waals surface area contributed by atoms with E-state index in [2.05, 4.69) is 33.4 Å². The molecule has 0 saturated heterocycles. The molecule has 0 amide bonds. The van der Waals surface area contributed by atoms with Gasteiger partial charge in [0.1, 0.15) is 5.78 Å². The van der Waals surface area contributed by atoms with E-state index < -0.39 is 0 Å². The molecule has 0 aromatic carbocycles. The van der Waals surface area contributed by atoms with Crippen LogP contribution in [-0.2, 0) is 4.79 Å². The molecule has 1 heteroatoms. The van der Waals surface area contributed by atoms with E-state index in [0.717, 1.165) is 25.7 Å². The summed E-state index contributed by atoms with van der Waals surface area (Å²) in [6.07, 6.45) is 6.27. The molecule has 1 nitrogen and oxygen atoms in total. The summed E-state index contributed by atoms with van der Waals surface area (Å²) in [5, 5.41) is 0. The summed E-state index contributed by atoms with van der Waals surface area (Å²) in [7, 11) is 0. The smallest absolute Gasteiger partial charge is 0.139 e. The lowest BCUT2D eigenvalue weighted by Gasteiger charge is -2.46. The van der Waals surface area contributed by atoms with E-state index in [-0.39, 0.29) is 5.41 Å². The number of hydrogen-bond acceptors (Lipinski definition) is 1. The van der Waals surface area contributed by atoms with Gasteiger partial charge in [-0.15, -0.1) is 0 Å². The van der Waals surface area contributed by atoms with Crippen LogP contribution in [0.4, 0.5) is 0 Å². The number of carbonyl (C=O) groups is 1. The third-order valence-electron chi connectivity index (χ3n) is 4.73. The molecule has 0 aromatic heterocycles. The third kappa shape index (κ3) is 1.66. The van der Waals surface area contributed by atoms with Crippen LogP contribution in [0.15, 0.2) is 23.8 Å². The molecule has 3 atom stereocenters. The monoisotopic (exact) mass is 218 g/mol. The van der Waals surface area contributed by atoms with Crippen molar-refractivity contribution >= 4 is 5.78 Å². The van der Waals surface area contributed by atoms with Crippen LogP contribution in [0.1, 0.15) is 46.5 Å². The van der Waals surface area contributed by atoms with E-state index in [9.17, 15) is 4.79 Å². The molecule has 16 heavy (non-hydrogen) atoms. The van der Waals surface area contributed by atoms with E-state index in [0.29, 0.717) is 17.6 Å². The maximum absolute atomic E-state index is 12.3. The van der Waals surface area contributed by atoms with E-state index >= 15 is 0 Å². The summed E-state index contributed by atoms with van der Waals surface area (Å²) in [5.74, 6) is 1.33. The Morgan fingerprint density at radius 1 is 1.56 bits per heavy atom. The number of carbonyl (C=O) groups excluding carboxylic acids is 1. The number of fused-ring (bicyclic) bond motifs is 1. The van der Waals surface area contributed by atoms with Crippen LogP contribution in [0.5, 0.6) is 0 Å². The molecule has 2 rings (SSSR count). The average Bonchev–Trinajstić information content (AvgIpc) is 2.20. The fraction of sp³-hybridized carbons (Fsp3) is 0.667. The van der Waals surface area contributed by atoms with Gasteiger partial charge < -0.3 is 0 Å². The molecule has 0 radical (unpaired) electrons. The van der Waals surface area contributed by atoms with E-state index in [1.54, 1.807) is 0 Å². The zero-order valence-electron chi connectivity index (χ0n) is 10.7. The first kappa shape index (κ1) is 11.6. The van der Waals surface area contributed by atoms with E-state index in [4.69, 9.17) is 0 Å². The molecule has 0 aliphatic heterocycles. The van der Waals surface area contributed by atoms with Gasteiger partial charge in [0, 0.05) is 11.8 Å². The lowest BCUT2D eigenvalue weighted by atomic mass is 9.57. The van der Waals surface area contributed by atoms with E-state index in [1.807, 2.05) is 0 Å². The van der Waals surface area contributed by atoms with Crippen molar-refractivity contribution in [3.63, 3.8) is 0 Å². The second-order valence-electron chi connectivity index (χ2n) is 5.86. The molecule has 88 valence electrons. The molecular formula is C15H22O. The van der Waals surface area contributed by atoms with Gasteiger partial charge in [-0.3, -0.25) is 4.79 Å². The van der Waals surface area contributed by atoms with Crippen LogP contribution < -0.4 is 0 Å². The third-order valence-corrected chi connectivity index (χ3v) is 4.73. The SMILES string of the molecule is C=C(C)[C@@H]1CC(=O)C2(C)CCC=C(C)[C@@H]2C1. The number of allylic oxidation sites excluding steroid dienone is 3. The Bertz CT molecular complexity index is 364. The Kier molecular flexibility index (Phi) is 2.81. The minimum absolute atomic E-state index is 0.0786. The fourth-order valence-corrected chi connectivity index (χ4v) is 3.40. The number of ketones is 1. The molecule has 1 fully saturated rings. The average molecular weight is 218 g/mol. The first-order valence-electron chi connectivity index (χ1n) is 6.30. The number of hydrogen-bond donors (Lipinski definition) is 0. The molecule has 2 aliphatic carbocycles. The van der Waals surface area contributed by atoms with Crippen molar-refractivity contribution in [2.75, 3.05) is 0 Å². The molecule has 0 aromatic rings. The van der Waals surface area contributed by atoms with Crippen LogP contribution >= 0.6 is 0 Å². The van der Waals surface area contributed by atoms with Gasteiger partial charge in [-0.25, -0.2) is 0 Å². The summed E-state index contributed by atoms with van der Waals surface area (Å²) >= 11 is 0. The Labute approximate surface area is 98.6 Å². The normalized spacial score (nSPS) is 38.9. The zero-order valence-corrected chi connectivity index (χ0v) is 10.7. The van der Waals surface area contributed by atoms with Crippen molar-refractivity contribution in [3.05, 3.63) is 23.8 Å². The molecular weight excluding hydrogens is 196 g/mol. The minimum atomic E-state index is -0.0786. The highest BCUT2D eigenvalue weighted by molar-refractivity contribution is 5.86. The molecule has 1 saturated carbocycles. The Balaban J connectivity index is 2.32. The van der Waals surface area contributed by atoms with Crippen LogP contribution in [0.3, 0.4) is 0 Å². The van der Waals surface area contributed by atoms with Crippen molar-refractivity contribution in [2.45, 2.75) is 46.5 Å². The predicted octanol–water partition coefficient (Wildman–Crippen LogP) is 3.90. The van der Waals surface area contributed by atoms with E-state index in [1.165, 1.54) is 11.1 Å². The molecule has 0 bridgehead atoms. The summed E-state index contributed by atoms with van der Waals surface area (Å²) in [6, 6.07) is 0. The van der Waals surface area contributed by atoms with Gasteiger partial charge in [0.15, 0.2) is 0 Å². The summed E-state index contributed by atoms with van der Waals surface area (Å²) in [4.78, 5) is 12.3. The molecule has 1 unspecified atom stereocenters. The highest BCUT2D eigenvalue weighted by atomic mass is 16.1. The Hall–Kier alpha value is -0.850. The van der Waals surface area contributed by atoms with Gasteiger partial charge in [0.2, 0.25) is 0 Å². The van der Waals surface area contributed by atoms with Crippen LogP contribution in [0.25, 0.3) is 0 Å². The van der Waals surface area contributed by atoms with Crippen LogP contribution in [0.2, 0.25) is 0 Å². The number of rotatable bonds is 1. The largest absolute Gasteiger partial charge is 0.299 e. The van der Waals surface area contributed by atoms with Gasteiger partial charge >= 0.3 is 0 Å². The van der Waals surface area contributed by atoms with Crippen molar-refractivity contribution < 1.29 is 4.79 Å². The lowest BCUT2D eigenvalue weighted by Crippen LogP contribution is -2.44. The summed E-state index contributed by atoms with van der Waals surface area (Å²) in [5.41, 5.74) is 2.52. The first-order chi connectivity index (χ1) is 7.45. The lowest BCUT2D eigenvalue weighted by molar-refractivity contribution is -0.135. The molecule has 0 spiro atoms. The highest BCUT2D eigenvalue weighted by Gasteiger charge is 2.47. The predicted molar refractivity (Wildman–Crippen MR) is 67.1 cm³/mol. The summed E-state index contributed by atoms with van der Waals surface area (Å²) < 4.78 is 0. The van der Waals surface area contributed by atoms with Crippen molar-refractivity contribution in [3.8, 4) is 0 Å². The molecule has 2 aliphatic rings. The maximum Gasteiger partial charge on any atom is 0.139 e. The van der Waals surface area contributed by atoms with Gasteiger partial charge in [0.05, 0.1) is 0 Å². The fourth-order valence-electron chi connectivity index (χ4n) is 3.40. The Morgan fingerprint density at radius 2 is 2.25 bits per heavy atom. The zero-order chi connectivity index (χ0) is 11.9. The first-order valence-corrected chi connectivity index (χ1v) is 6.30. The molecule has 0 heterocycles. The second-order valence-corrected chi connectivity index (χ2v) is 5.86. The standard InChI is InChI=1S/C15H22O/c1-10(2)12-8-13-11(3)6-5-7-15(13,4)14(16)9-12/h6,12-13H,1,5,7-9H2,2-4H3/t12-,13-,15?/m0/s1. The van der Waals surface area contributed by atoms with Crippen LogP contribution in [0, 0.1) is 17.3 Å². The van der Waals surface area contributed by atoms with Gasteiger partial charge in [0.25, 0.3) is 0 Å². The highest BCUT2D eigenvalue weighted by Crippen LogP contribution is 2.50. The van der Waals surface area contributed by atoms with Crippen molar-refractivity contribution in [1.29, 1.82) is 0 Å². The van der Waals surface area contributed by atoms with Gasteiger partial charge in [-0.05, 0) is 44.9 Å². The second kappa shape index (κ2) is 3.87. The van der Waals surface area contributed by atoms with Gasteiger partial charge in [-0.2, -0.15) is 0 Å². The quantitative estimate of drug-likeness (QED) is 0.610. The Morgan fingerprint density at radius 3 is 2.88 bits per heavy atom.